The zero-order valence-electron chi connectivity index (χ0n) is 11.7. The molecule has 1 aromatic rings. The van der Waals surface area contributed by atoms with Crippen LogP contribution in [0.1, 0.15) is 19.8 Å². The lowest BCUT2D eigenvalue weighted by Crippen LogP contribution is -2.48. The zero-order chi connectivity index (χ0) is 14.2. The molecule has 1 saturated heterocycles. The van der Waals surface area contributed by atoms with Gasteiger partial charge >= 0.3 is 5.69 Å². The summed E-state index contributed by atoms with van der Waals surface area (Å²) in [6.45, 7) is 3.49. The van der Waals surface area contributed by atoms with Crippen molar-refractivity contribution in [2.75, 3.05) is 18.0 Å². The monoisotopic (exact) mass is 267 g/mol. The highest BCUT2D eigenvalue weighted by atomic mass is 16.2. The molecular weight excluding hydrogens is 246 g/mol. The third kappa shape index (κ3) is 2.56. The van der Waals surface area contributed by atoms with E-state index >= 15 is 0 Å². The van der Waals surface area contributed by atoms with Crippen molar-refractivity contribution in [2.45, 2.75) is 25.8 Å². The van der Waals surface area contributed by atoms with E-state index in [4.69, 9.17) is 5.73 Å². The van der Waals surface area contributed by atoms with E-state index in [-0.39, 0.29) is 11.6 Å². The van der Waals surface area contributed by atoms with Gasteiger partial charge in [0.15, 0.2) is 0 Å². The van der Waals surface area contributed by atoms with E-state index in [0.717, 1.165) is 30.5 Å². The van der Waals surface area contributed by atoms with Crippen molar-refractivity contribution in [3.05, 3.63) is 20.8 Å². The molecule has 0 amide bonds. The molecule has 19 heavy (non-hydrogen) atoms. The van der Waals surface area contributed by atoms with Gasteiger partial charge in [-0.15, -0.1) is 5.10 Å². The Morgan fingerprint density at radius 3 is 2.68 bits per heavy atom. The van der Waals surface area contributed by atoms with Gasteiger partial charge in [0.05, 0.1) is 0 Å². The molecule has 0 radical (unpaired) electrons. The van der Waals surface area contributed by atoms with Crippen LogP contribution in [0.4, 0.5) is 5.82 Å². The maximum atomic E-state index is 12.1. The Morgan fingerprint density at radius 1 is 1.37 bits per heavy atom. The van der Waals surface area contributed by atoms with Gasteiger partial charge in [-0.25, -0.2) is 9.48 Å². The van der Waals surface area contributed by atoms with Gasteiger partial charge in [-0.1, -0.05) is 0 Å². The highest BCUT2D eigenvalue weighted by Gasteiger charge is 2.26. The molecule has 0 saturated carbocycles. The Balaban J connectivity index is 2.37. The minimum atomic E-state index is -0.408. The normalized spacial score (nSPS) is 21.5. The second kappa shape index (κ2) is 5.16. The predicted molar refractivity (Wildman–Crippen MR) is 73.3 cm³/mol. The summed E-state index contributed by atoms with van der Waals surface area (Å²) in [6, 6.07) is 0.0965. The lowest BCUT2D eigenvalue weighted by atomic mass is 9.92. The van der Waals surface area contributed by atoms with Gasteiger partial charge in [-0.2, -0.15) is 0 Å². The fraction of sp³-hybridized carbons (Fsp3) is 0.750. The summed E-state index contributed by atoms with van der Waals surface area (Å²) in [7, 11) is 3.03. The first-order valence-electron chi connectivity index (χ1n) is 6.56. The molecule has 106 valence electrons. The predicted octanol–water partition coefficient (Wildman–Crippen LogP) is -0.957. The number of anilines is 1. The molecule has 0 spiro atoms. The number of rotatable bonds is 2. The first kappa shape index (κ1) is 13.8. The van der Waals surface area contributed by atoms with Crippen LogP contribution in [0.15, 0.2) is 9.59 Å². The quantitative estimate of drug-likeness (QED) is 0.746. The third-order valence-corrected chi connectivity index (χ3v) is 3.81. The van der Waals surface area contributed by atoms with Crippen molar-refractivity contribution in [3.8, 4) is 0 Å². The summed E-state index contributed by atoms with van der Waals surface area (Å²) in [5.41, 5.74) is 5.20. The van der Waals surface area contributed by atoms with E-state index in [9.17, 15) is 9.59 Å². The van der Waals surface area contributed by atoms with Crippen molar-refractivity contribution in [2.24, 2.45) is 25.7 Å². The fourth-order valence-electron chi connectivity index (χ4n) is 2.51. The average molecular weight is 267 g/mol. The number of hydrogen-bond donors (Lipinski definition) is 1. The number of nitrogens with two attached hydrogens (primary N) is 1. The Bertz CT molecular complexity index is 574. The van der Waals surface area contributed by atoms with Gasteiger partial charge in [0, 0.05) is 33.2 Å². The lowest BCUT2D eigenvalue weighted by molar-refractivity contribution is 0.360. The Morgan fingerprint density at radius 2 is 2.05 bits per heavy atom. The zero-order valence-corrected chi connectivity index (χ0v) is 11.7. The summed E-state index contributed by atoms with van der Waals surface area (Å²) in [5, 5.41) is 4.11. The smallest absolute Gasteiger partial charge is 0.346 e. The lowest BCUT2D eigenvalue weighted by Gasteiger charge is -2.34. The molecular formula is C12H21N5O2. The molecule has 1 aromatic heterocycles. The van der Waals surface area contributed by atoms with Crippen LogP contribution in [0.5, 0.6) is 0 Å². The minimum absolute atomic E-state index is 0.0965. The average Bonchev–Trinajstić information content (AvgIpc) is 2.40. The molecule has 2 N–H and O–H groups in total. The van der Waals surface area contributed by atoms with E-state index in [1.54, 1.807) is 7.05 Å². The number of aromatic nitrogens is 3. The van der Waals surface area contributed by atoms with Crippen molar-refractivity contribution < 1.29 is 0 Å². The molecule has 0 aromatic carbocycles. The van der Waals surface area contributed by atoms with Gasteiger partial charge in [-0.3, -0.25) is 9.36 Å². The summed E-state index contributed by atoms with van der Waals surface area (Å²) in [5.74, 6) is 0.701. The molecule has 2 atom stereocenters. The fourth-order valence-corrected chi connectivity index (χ4v) is 2.51. The summed E-state index contributed by atoms with van der Waals surface area (Å²) in [6.07, 6.45) is 2.06. The second-order valence-electron chi connectivity index (χ2n) is 5.30. The van der Waals surface area contributed by atoms with Crippen LogP contribution < -0.4 is 21.9 Å². The largest absolute Gasteiger partial charge is 0.350 e. The van der Waals surface area contributed by atoms with Gasteiger partial charge in [-0.05, 0) is 25.7 Å². The van der Waals surface area contributed by atoms with Gasteiger partial charge in [0.25, 0.3) is 5.56 Å². The highest BCUT2D eigenvalue weighted by molar-refractivity contribution is 5.35. The maximum Gasteiger partial charge on any atom is 0.346 e. The Hall–Kier alpha value is -1.63. The van der Waals surface area contributed by atoms with Gasteiger partial charge in [0.2, 0.25) is 5.82 Å². The summed E-state index contributed by atoms with van der Waals surface area (Å²) < 4.78 is 2.30. The van der Waals surface area contributed by atoms with E-state index in [0.29, 0.717) is 11.7 Å². The Kier molecular flexibility index (Phi) is 3.75. The van der Waals surface area contributed by atoms with Crippen LogP contribution in [-0.4, -0.2) is 33.5 Å². The Labute approximate surface area is 111 Å². The summed E-state index contributed by atoms with van der Waals surface area (Å²) >= 11 is 0. The number of piperidine rings is 1. The van der Waals surface area contributed by atoms with E-state index < -0.39 is 5.69 Å². The summed E-state index contributed by atoms with van der Waals surface area (Å²) in [4.78, 5) is 25.7. The molecule has 1 aliphatic rings. The van der Waals surface area contributed by atoms with Gasteiger partial charge < -0.3 is 10.6 Å². The first-order chi connectivity index (χ1) is 8.91. The van der Waals surface area contributed by atoms with Crippen LogP contribution in [-0.2, 0) is 14.1 Å². The van der Waals surface area contributed by atoms with E-state index in [2.05, 4.69) is 5.10 Å². The molecule has 7 heteroatoms. The number of nitrogens with zero attached hydrogens (tertiary/aromatic N) is 4. The minimum Gasteiger partial charge on any atom is -0.350 e. The van der Waals surface area contributed by atoms with E-state index in [1.165, 1.54) is 11.7 Å². The van der Waals surface area contributed by atoms with Crippen LogP contribution in [0.25, 0.3) is 0 Å². The standard InChI is InChI=1S/C12H21N5O2/c1-8(13)9-5-4-6-17(7-9)10-11(18)15(2)12(19)16(3)14-10/h8-9H,4-7,13H2,1-3H3. The van der Waals surface area contributed by atoms with E-state index in [1.807, 2.05) is 11.8 Å². The molecule has 7 nitrogen and oxygen atoms in total. The third-order valence-electron chi connectivity index (χ3n) is 3.81. The van der Waals surface area contributed by atoms with Crippen LogP contribution in [0, 0.1) is 5.92 Å². The first-order valence-corrected chi connectivity index (χ1v) is 6.56. The molecule has 0 bridgehead atoms. The second-order valence-corrected chi connectivity index (χ2v) is 5.30. The van der Waals surface area contributed by atoms with Crippen LogP contribution in [0.3, 0.4) is 0 Å². The number of hydrogen-bond acceptors (Lipinski definition) is 5. The van der Waals surface area contributed by atoms with Crippen molar-refractivity contribution in [1.82, 2.24) is 14.3 Å². The molecule has 2 heterocycles. The molecule has 2 unspecified atom stereocenters. The van der Waals surface area contributed by atoms with Crippen molar-refractivity contribution >= 4 is 5.82 Å². The van der Waals surface area contributed by atoms with Crippen molar-refractivity contribution in [1.29, 1.82) is 0 Å². The van der Waals surface area contributed by atoms with Crippen LogP contribution >= 0.6 is 0 Å². The van der Waals surface area contributed by atoms with Crippen molar-refractivity contribution in [3.63, 3.8) is 0 Å². The molecule has 0 aliphatic carbocycles. The van der Waals surface area contributed by atoms with Crippen LogP contribution in [0.2, 0.25) is 0 Å². The molecule has 1 aliphatic heterocycles. The SMILES string of the molecule is CC(N)C1CCCN(c2nn(C)c(=O)n(C)c2=O)C1. The maximum absolute atomic E-state index is 12.1. The highest BCUT2D eigenvalue weighted by Crippen LogP contribution is 2.20. The van der Waals surface area contributed by atoms with Gasteiger partial charge in [0.1, 0.15) is 0 Å². The topological polar surface area (TPSA) is 86.2 Å². The molecule has 1 fully saturated rings. The number of aryl methyl sites for hydroxylation is 1. The molecule has 2 rings (SSSR count).